The number of hydrogen-bond donors (Lipinski definition) is 2. The third kappa shape index (κ3) is 3.77. The average molecular weight is 270 g/mol. The lowest BCUT2D eigenvalue weighted by Gasteiger charge is -2.10. The minimum atomic E-state index is 0.224. The van der Waals surface area contributed by atoms with E-state index in [0.29, 0.717) is 5.56 Å². The predicted molar refractivity (Wildman–Crippen MR) is 82.2 cm³/mol. The van der Waals surface area contributed by atoms with Crippen LogP contribution in [-0.4, -0.2) is 10.2 Å². The van der Waals surface area contributed by atoms with Crippen molar-refractivity contribution in [2.24, 2.45) is 0 Å². The predicted octanol–water partition coefficient (Wildman–Crippen LogP) is 4.23. The molecule has 2 aromatic carbocycles. The first kappa shape index (κ1) is 14.4. The maximum atomic E-state index is 10.0. The van der Waals surface area contributed by atoms with E-state index in [4.69, 9.17) is 0 Å². The van der Waals surface area contributed by atoms with E-state index in [2.05, 4.69) is 19.1 Å². The maximum absolute atomic E-state index is 10.0. The second-order valence-electron chi connectivity index (χ2n) is 5.20. The van der Waals surface area contributed by atoms with Crippen molar-refractivity contribution in [3.63, 3.8) is 0 Å². The molecule has 0 atom stereocenters. The number of hydrogen-bond acceptors (Lipinski definition) is 2. The summed E-state index contributed by atoms with van der Waals surface area (Å²) in [6, 6.07) is 13.8. The molecule has 0 aliphatic carbocycles. The van der Waals surface area contributed by atoms with Crippen LogP contribution in [0.2, 0.25) is 0 Å². The van der Waals surface area contributed by atoms with Crippen molar-refractivity contribution in [2.45, 2.75) is 39.0 Å². The van der Waals surface area contributed by atoms with Crippen LogP contribution in [0.1, 0.15) is 36.5 Å². The van der Waals surface area contributed by atoms with Gasteiger partial charge in [0.25, 0.3) is 0 Å². The van der Waals surface area contributed by atoms with E-state index < -0.39 is 0 Å². The summed E-state index contributed by atoms with van der Waals surface area (Å²) in [6.45, 7) is 2.10. The van der Waals surface area contributed by atoms with Crippen LogP contribution in [0.5, 0.6) is 11.5 Å². The van der Waals surface area contributed by atoms with Crippen LogP contribution in [-0.2, 0) is 19.3 Å². The minimum absolute atomic E-state index is 0.224. The molecular formula is C18H22O2. The van der Waals surface area contributed by atoms with E-state index in [1.165, 1.54) is 5.56 Å². The van der Waals surface area contributed by atoms with Gasteiger partial charge in [-0.1, -0.05) is 43.7 Å². The Morgan fingerprint density at radius 1 is 0.800 bits per heavy atom. The molecule has 0 saturated heterocycles. The fourth-order valence-electron chi connectivity index (χ4n) is 2.39. The van der Waals surface area contributed by atoms with E-state index in [9.17, 15) is 10.2 Å². The Balaban J connectivity index is 2.06. The van der Waals surface area contributed by atoms with Crippen molar-refractivity contribution in [2.75, 3.05) is 0 Å². The summed E-state index contributed by atoms with van der Waals surface area (Å²) in [7, 11) is 0. The first-order valence-corrected chi connectivity index (χ1v) is 7.28. The van der Waals surface area contributed by atoms with Crippen molar-refractivity contribution in [1.29, 1.82) is 0 Å². The van der Waals surface area contributed by atoms with Gasteiger partial charge >= 0.3 is 0 Å². The van der Waals surface area contributed by atoms with Crippen molar-refractivity contribution in [3.05, 3.63) is 59.2 Å². The van der Waals surface area contributed by atoms with Crippen molar-refractivity contribution < 1.29 is 10.2 Å². The molecule has 2 aromatic rings. The Labute approximate surface area is 120 Å². The number of phenols is 2. The molecule has 0 unspecified atom stereocenters. The SMILES string of the molecule is CCCCc1c(O)cc(CCc2ccccc2)cc1O. The molecule has 0 aliphatic heterocycles. The molecule has 0 fully saturated rings. The zero-order valence-electron chi connectivity index (χ0n) is 12.0. The molecule has 0 aliphatic rings. The second-order valence-corrected chi connectivity index (χ2v) is 5.20. The van der Waals surface area contributed by atoms with E-state index in [-0.39, 0.29) is 11.5 Å². The van der Waals surface area contributed by atoms with Crippen LogP contribution in [0.4, 0.5) is 0 Å². The van der Waals surface area contributed by atoms with E-state index >= 15 is 0 Å². The Morgan fingerprint density at radius 3 is 2.00 bits per heavy atom. The largest absolute Gasteiger partial charge is 0.508 e. The normalized spacial score (nSPS) is 10.7. The maximum Gasteiger partial charge on any atom is 0.122 e. The summed E-state index contributed by atoms with van der Waals surface area (Å²) in [5.41, 5.74) is 2.92. The van der Waals surface area contributed by atoms with Gasteiger partial charge in [-0.2, -0.15) is 0 Å². The average Bonchev–Trinajstić information content (AvgIpc) is 2.45. The summed E-state index contributed by atoms with van der Waals surface area (Å²) >= 11 is 0. The van der Waals surface area contributed by atoms with E-state index in [1.54, 1.807) is 12.1 Å². The highest BCUT2D eigenvalue weighted by Gasteiger charge is 2.09. The molecule has 2 N–H and O–H groups in total. The van der Waals surface area contributed by atoms with Crippen LogP contribution in [0.25, 0.3) is 0 Å². The van der Waals surface area contributed by atoms with Gasteiger partial charge in [-0.3, -0.25) is 0 Å². The molecule has 0 aromatic heterocycles. The zero-order chi connectivity index (χ0) is 14.4. The molecule has 2 heteroatoms. The van der Waals surface area contributed by atoms with Gasteiger partial charge < -0.3 is 10.2 Å². The first-order chi connectivity index (χ1) is 9.70. The number of phenolic OH excluding ortho intramolecular Hbond substituents is 2. The molecule has 20 heavy (non-hydrogen) atoms. The molecule has 0 amide bonds. The van der Waals surface area contributed by atoms with Gasteiger partial charge in [0.1, 0.15) is 11.5 Å². The van der Waals surface area contributed by atoms with Crippen LogP contribution in [0.15, 0.2) is 42.5 Å². The van der Waals surface area contributed by atoms with Crippen LogP contribution < -0.4 is 0 Å². The minimum Gasteiger partial charge on any atom is -0.508 e. The summed E-state index contributed by atoms with van der Waals surface area (Å²) in [4.78, 5) is 0. The molecule has 0 saturated carbocycles. The Morgan fingerprint density at radius 2 is 1.40 bits per heavy atom. The summed E-state index contributed by atoms with van der Waals surface area (Å²) < 4.78 is 0. The van der Waals surface area contributed by atoms with E-state index in [0.717, 1.165) is 37.7 Å². The van der Waals surface area contributed by atoms with Crippen molar-refractivity contribution in [3.8, 4) is 11.5 Å². The number of aryl methyl sites for hydroxylation is 2. The lowest BCUT2D eigenvalue weighted by molar-refractivity contribution is 0.435. The van der Waals surface area contributed by atoms with Crippen molar-refractivity contribution in [1.82, 2.24) is 0 Å². The number of benzene rings is 2. The molecule has 0 bridgehead atoms. The molecule has 2 rings (SSSR count). The molecule has 106 valence electrons. The third-order valence-electron chi connectivity index (χ3n) is 3.59. The number of unbranched alkanes of at least 4 members (excludes halogenated alkanes) is 1. The first-order valence-electron chi connectivity index (χ1n) is 7.28. The van der Waals surface area contributed by atoms with Gasteiger partial charge in [-0.25, -0.2) is 0 Å². The fourth-order valence-corrected chi connectivity index (χ4v) is 2.39. The van der Waals surface area contributed by atoms with Gasteiger partial charge in [0, 0.05) is 5.56 Å². The summed E-state index contributed by atoms with van der Waals surface area (Å²) in [5.74, 6) is 0.447. The molecule has 0 spiro atoms. The standard InChI is InChI=1S/C18H22O2/c1-2-3-9-16-17(19)12-15(13-18(16)20)11-10-14-7-5-4-6-8-14/h4-8,12-13,19-20H,2-3,9-11H2,1H3. The second kappa shape index (κ2) is 6.99. The van der Waals surface area contributed by atoms with Gasteiger partial charge in [0.15, 0.2) is 0 Å². The topological polar surface area (TPSA) is 40.5 Å². The molecule has 0 radical (unpaired) electrons. The van der Waals surface area contributed by atoms with Gasteiger partial charge in [0.2, 0.25) is 0 Å². The molecule has 2 nitrogen and oxygen atoms in total. The monoisotopic (exact) mass is 270 g/mol. The van der Waals surface area contributed by atoms with Crippen LogP contribution >= 0.6 is 0 Å². The smallest absolute Gasteiger partial charge is 0.122 e. The van der Waals surface area contributed by atoms with Crippen LogP contribution in [0, 0.1) is 0 Å². The van der Waals surface area contributed by atoms with Gasteiger partial charge in [-0.05, 0) is 48.9 Å². The number of rotatable bonds is 6. The highest BCUT2D eigenvalue weighted by molar-refractivity contribution is 5.46. The van der Waals surface area contributed by atoms with Gasteiger partial charge in [0.05, 0.1) is 0 Å². The van der Waals surface area contributed by atoms with Crippen LogP contribution in [0.3, 0.4) is 0 Å². The quantitative estimate of drug-likeness (QED) is 0.824. The Kier molecular flexibility index (Phi) is 5.05. The van der Waals surface area contributed by atoms with E-state index in [1.807, 2.05) is 18.2 Å². The summed E-state index contributed by atoms with van der Waals surface area (Å²) in [6.07, 6.45) is 4.49. The number of aromatic hydroxyl groups is 2. The molecular weight excluding hydrogens is 248 g/mol. The fraction of sp³-hybridized carbons (Fsp3) is 0.333. The summed E-state index contributed by atoms with van der Waals surface area (Å²) in [5, 5.41) is 20.1. The Bertz CT molecular complexity index is 524. The lowest BCUT2D eigenvalue weighted by atomic mass is 9.99. The Hall–Kier alpha value is -1.96. The highest BCUT2D eigenvalue weighted by atomic mass is 16.3. The molecule has 0 heterocycles. The lowest BCUT2D eigenvalue weighted by Crippen LogP contribution is -1.94. The highest BCUT2D eigenvalue weighted by Crippen LogP contribution is 2.30. The van der Waals surface area contributed by atoms with Gasteiger partial charge in [-0.15, -0.1) is 0 Å². The third-order valence-corrected chi connectivity index (χ3v) is 3.59. The van der Waals surface area contributed by atoms with Crippen molar-refractivity contribution >= 4 is 0 Å². The zero-order valence-corrected chi connectivity index (χ0v) is 12.0.